The van der Waals surface area contributed by atoms with Gasteiger partial charge in [0.05, 0.1) is 19.0 Å². The van der Waals surface area contributed by atoms with Crippen molar-refractivity contribution in [2.45, 2.75) is 46.2 Å². The van der Waals surface area contributed by atoms with Crippen LogP contribution in [0.4, 0.5) is 0 Å². The highest BCUT2D eigenvalue weighted by molar-refractivity contribution is 5.25. The average Bonchev–Trinajstić information content (AvgIpc) is 2.60. The van der Waals surface area contributed by atoms with E-state index in [1.54, 1.807) is 13.3 Å². The van der Waals surface area contributed by atoms with E-state index in [1.165, 1.54) is 5.69 Å². The largest absolute Gasteiger partial charge is 0.493 e. The molecular weight excluding hydrogens is 202 g/mol. The third-order valence-electron chi connectivity index (χ3n) is 2.48. The van der Waals surface area contributed by atoms with Crippen molar-refractivity contribution in [2.24, 2.45) is 0 Å². The number of hydrogen-bond acceptors (Lipinski definition) is 3. The molecule has 0 aromatic carbocycles. The third-order valence-corrected chi connectivity index (χ3v) is 2.48. The van der Waals surface area contributed by atoms with E-state index in [4.69, 9.17) is 4.74 Å². The van der Waals surface area contributed by atoms with Gasteiger partial charge in [0.15, 0.2) is 5.75 Å². The Morgan fingerprint density at radius 3 is 2.56 bits per heavy atom. The molecule has 0 fully saturated rings. The summed E-state index contributed by atoms with van der Waals surface area (Å²) in [5.41, 5.74) is 1.17. The molecule has 1 aromatic heterocycles. The Hall–Kier alpha value is -1.03. The SMILES string of the molecule is COc1cnn(C(C)C)c1CCNC(C)C. The zero-order chi connectivity index (χ0) is 12.1. The quantitative estimate of drug-likeness (QED) is 0.805. The number of nitrogens with zero attached hydrogens (tertiary/aromatic N) is 2. The summed E-state index contributed by atoms with van der Waals surface area (Å²) < 4.78 is 7.35. The second-order valence-corrected chi connectivity index (χ2v) is 4.56. The van der Waals surface area contributed by atoms with Gasteiger partial charge in [-0.3, -0.25) is 4.68 Å². The molecular formula is C12H23N3O. The number of hydrogen-bond donors (Lipinski definition) is 1. The molecule has 0 aliphatic heterocycles. The van der Waals surface area contributed by atoms with Gasteiger partial charge in [0.25, 0.3) is 0 Å². The van der Waals surface area contributed by atoms with Crippen molar-refractivity contribution < 1.29 is 4.74 Å². The Balaban J connectivity index is 2.71. The first-order valence-electron chi connectivity index (χ1n) is 5.90. The predicted molar refractivity (Wildman–Crippen MR) is 66.0 cm³/mol. The molecule has 0 amide bonds. The fourth-order valence-corrected chi connectivity index (χ4v) is 1.70. The maximum absolute atomic E-state index is 5.32. The normalized spacial score (nSPS) is 11.4. The number of nitrogens with one attached hydrogen (secondary N) is 1. The van der Waals surface area contributed by atoms with Crippen LogP contribution in [0.2, 0.25) is 0 Å². The molecule has 0 unspecified atom stereocenters. The van der Waals surface area contributed by atoms with Crippen molar-refractivity contribution in [1.82, 2.24) is 15.1 Å². The van der Waals surface area contributed by atoms with E-state index in [-0.39, 0.29) is 0 Å². The van der Waals surface area contributed by atoms with Crippen LogP contribution in [0.25, 0.3) is 0 Å². The van der Waals surface area contributed by atoms with Crippen molar-refractivity contribution in [1.29, 1.82) is 0 Å². The first-order valence-corrected chi connectivity index (χ1v) is 5.90. The molecule has 1 N–H and O–H groups in total. The molecule has 4 nitrogen and oxygen atoms in total. The van der Waals surface area contributed by atoms with Gasteiger partial charge in [0.1, 0.15) is 0 Å². The number of rotatable bonds is 6. The second kappa shape index (κ2) is 5.89. The molecule has 0 aliphatic rings. The lowest BCUT2D eigenvalue weighted by Gasteiger charge is -2.13. The highest BCUT2D eigenvalue weighted by Crippen LogP contribution is 2.21. The molecule has 0 spiro atoms. The summed E-state index contributed by atoms with van der Waals surface area (Å²) >= 11 is 0. The summed E-state index contributed by atoms with van der Waals surface area (Å²) in [6.07, 6.45) is 2.74. The fourth-order valence-electron chi connectivity index (χ4n) is 1.70. The van der Waals surface area contributed by atoms with Crippen LogP contribution >= 0.6 is 0 Å². The molecule has 0 saturated heterocycles. The smallest absolute Gasteiger partial charge is 0.159 e. The summed E-state index contributed by atoms with van der Waals surface area (Å²) in [6, 6.07) is 0.888. The summed E-state index contributed by atoms with van der Waals surface area (Å²) in [6.45, 7) is 9.51. The molecule has 0 atom stereocenters. The Morgan fingerprint density at radius 1 is 1.38 bits per heavy atom. The highest BCUT2D eigenvalue weighted by Gasteiger charge is 2.13. The van der Waals surface area contributed by atoms with E-state index in [9.17, 15) is 0 Å². The molecule has 0 radical (unpaired) electrons. The van der Waals surface area contributed by atoms with E-state index >= 15 is 0 Å². The highest BCUT2D eigenvalue weighted by atomic mass is 16.5. The zero-order valence-corrected chi connectivity index (χ0v) is 10.9. The van der Waals surface area contributed by atoms with Crippen molar-refractivity contribution in [3.8, 4) is 5.75 Å². The molecule has 4 heteroatoms. The maximum atomic E-state index is 5.32. The Labute approximate surface area is 98.0 Å². The van der Waals surface area contributed by atoms with E-state index in [1.807, 2.05) is 4.68 Å². The van der Waals surface area contributed by atoms with Gasteiger partial charge in [-0.05, 0) is 13.8 Å². The standard InChI is InChI=1S/C12H23N3O/c1-9(2)13-7-6-11-12(16-5)8-14-15(11)10(3)4/h8-10,13H,6-7H2,1-5H3. The van der Waals surface area contributed by atoms with Gasteiger partial charge in [-0.15, -0.1) is 0 Å². The maximum Gasteiger partial charge on any atom is 0.159 e. The van der Waals surface area contributed by atoms with Crippen molar-refractivity contribution >= 4 is 0 Å². The molecule has 1 heterocycles. The van der Waals surface area contributed by atoms with E-state index in [0.29, 0.717) is 12.1 Å². The van der Waals surface area contributed by atoms with Gasteiger partial charge < -0.3 is 10.1 Å². The minimum absolute atomic E-state index is 0.373. The van der Waals surface area contributed by atoms with Crippen LogP contribution in [-0.4, -0.2) is 29.5 Å². The third kappa shape index (κ3) is 3.23. The van der Waals surface area contributed by atoms with Gasteiger partial charge in [-0.1, -0.05) is 13.8 Å². The van der Waals surface area contributed by atoms with Crippen molar-refractivity contribution in [3.63, 3.8) is 0 Å². The van der Waals surface area contributed by atoms with E-state index in [2.05, 4.69) is 38.1 Å². The monoisotopic (exact) mass is 225 g/mol. The minimum Gasteiger partial charge on any atom is -0.493 e. The van der Waals surface area contributed by atoms with E-state index < -0.39 is 0 Å². The number of methoxy groups -OCH3 is 1. The van der Waals surface area contributed by atoms with Crippen LogP contribution in [0.3, 0.4) is 0 Å². The summed E-state index contributed by atoms with van der Waals surface area (Å²) in [7, 11) is 1.70. The Kier molecular flexibility index (Phi) is 4.80. The lowest BCUT2D eigenvalue weighted by atomic mass is 10.2. The van der Waals surface area contributed by atoms with Gasteiger partial charge in [-0.25, -0.2) is 0 Å². The van der Waals surface area contributed by atoms with Crippen molar-refractivity contribution in [3.05, 3.63) is 11.9 Å². The topological polar surface area (TPSA) is 39.1 Å². The Bertz CT molecular complexity index is 318. The molecule has 1 rings (SSSR count). The lowest BCUT2D eigenvalue weighted by molar-refractivity contribution is 0.402. The van der Waals surface area contributed by atoms with Crippen LogP contribution in [0.5, 0.6) is 5.75 Å². The van der Waals surface area contributed by atoms with Crippen LogP contribution < -0.4 is 10.1 Å². The molecule has 0 saturated carbocycles. The van der Waals surface area contributed by atoms with Crippen molar-refractivity contribution in [2.75, 3.05) is 13.7 Å². The average molecular weight is 225 g/mol. The number of ether oxygens (including phenoxy) is 1. The minimum atomic E-state index is 0.373. The number of aromatic nitrogens is 2. The van der Waals surface area contributed by atoms with E-state index in [0.717, 1.165) is 18.7 Å². The summed E-state index contributed by atoms with van der Waals surface area (Å²) in [5, 5.41) is 7.75. The summed E-state index contributed by atoms with van der Waals surface area (Å²) in [5.74, 6) is 0.888. The van der Waals surface area contributed by atoms with Crippen LogP contribution in [0.1, 0.15) is 39.4 Å². The first kappa shape index (κ1) is 13.0. The first-order chi connectivity index (χ1) is 7.56. The molecule has 1 aromatic rings. The van der Waals surface area contributed by atoms with Crippen LogP contribution in [-0.2, 0) is 6.42 Å². The van der Waals surface area contributed by atoms with Crippen LogP contribution in [0.15, 0.2) is 6.20 Å². The van der Waals surface area contributed by atoms with Gasteiger partial charge in [0, 0.05) is 25.0 Å². The van der Waals surface area contributed by atoms with Gasteiger partial charge in [0.2, 0.25) is 0 Å². The van der Waals surface area contributed by atoms with Gasteiger partial charge >= 0.3 is 0 Å². The van der Waals surface area contributed by atoms with Crippen LogP contribution in [0, 0.1) is 0 Å². The van der Waals surface area contributed by atoms with Gasteiger partial charge in [-0.2, -0.15) is 5.10 Å². The molecule has 16 heavy (non-hydrogen) atoms. The molecule has 0 aliphatic carbocycles. The summed E-state index contributed by atoms with van der Waals surface area (Å²) in [4.78, 5) is 0. The second-order valence-electron chi connectivity index (χ2n) is 4.56. The predicted octanol–water partition coefficient (Wildman–Crippen LogP) is 2.01. The molecule has 92 valence electrons. The lowest BCUT2D eigenvalue weighted by Crippen LogP contribution is -2.26. The Morgan fingerprint density at radius 2 is 2.06 bits per heavy atom. The fraction of sp³-hybridized carbons (Fsp3) is 0.750. The zero-order valence-electron chi connectivity index (χ0n) is 10.9. The molecule has 0 bridgehead atoms.